The Morgan fingerprint density at radius 3 is 3.06 bits per heavy atom. The van der Waals surface area contributed by atoms with Crippen molar-refractivity contribution in [2.45, 2.75) is 17.7 Å². The summed E-state index contributed by atoms with van der Waals surface area (Å²) in [6.07, 6.45) is 4.22. The zero-order chi connectivity index (χ0) is 11.8. The van der Waals surface area contributed by atoms with Gasteiger partial charge in [0.2, 0.25) is 0 Å². The van der Waals surface area contributed by atoms with Gasteiger partial charge in [0.05, 0.1) is 10.2 Å². The van der Waals surface area contributed by atoms with E-state index in [0.29, 0.717) is 0 Å². The van der Waals surface area contributed by atoms with Crippen molar-refractivity contribution < 1.29 is 0 Å². The lowest BCUT2D eigenvalue weighted by molar-refractivity contribution is 0.339. The smallest absolute Gasteiger partial charge is 0.149 e. The average molecular weight is 312 g/mol. The summed E-state index contributed by atoms with van der Waals surface area (Å²) in [4.78, 5) is 11.7. The van der Waals surface area contributed by atoms with Crippen LogP contribution in [0, 0.1) is 5.92 Å². The molecular formula is C12H14BrN3S. The second kappa shape index (κ2) is 4.53. The summed E-state index contributed by atoms with van der Waals surface area (Å²) >= 11 is 5.36. The van der Waals surface area contributed by atoms with Gasteiger partial charge < -0.3 is 4.90 Å². The molecule has 0 amide bonds. The summed E-state index contributed by atoms with van der Waals surface area (Å²) < 4.78 is 1.20. The molecule has 1 saturated carbocycles. The molecule has 0 bridgehead atoms. The number of hydrogen-bond acceptors (Lipinski definition) is 4. The fourth-order valence-corrected chi connectivity index (χ4v) is 4.27. The molecular weight excluding hydrogens is 298 g/mol. The Bertz CT molecular complexity index is 521. The molecule has 3 rings (SSSR count). The highest BCUT2D eigenvalue weighted by Gasteiger charge is 2.28. The summed E-state index contributed by atoms with van der Waals surface area (Å²) in [6.45, 7) is 1.09. The van der Waals surface area contributed by atoms with Crippen molar-refractivity contribution in [1.82, 2.24) is 9.97 Å². The van der Waals surface area contributed by atoms with E-state index in [-0.39, 0.29) is 0 Å². The van der Waals surface area contributed by atoms with Crippen LogP contribution in [0.1, 0.15) is 12.8 Å². The van der Waals surface area contributed by atoms with Crippen molar-refractivity contribution in [1.29, 1.82) is 0 Å². The second-order valence-electron chi connectivity index (χ2n) is 4.65. The SMILES string of the molecule is CN(CC1CC(Br)C1)c1ncnc2ccsc12. The van der Waals surface area contributed by atoms with Crippen LogP contribution < -0.4 is 4.90 Å². The van der Waals surface area contributed by atoms with E-state index in [1.807, 2.05) is 0 Å². The highest BCUT2D eigenvalue weighted by atomic mass is 79.9. The van der Waals surface area contributed by atoms with E-state index >= 15 is 0 Å². The molecule has 0 atom stereocenters. The largest absolute Gasteiger partial charge is 0.358 e. The number of halogens is 1. The maximum absolute atomic E-state index is 4.42. The first-order valence-electron chi connectivity index (χ1n) is 5.77. The van der Waals surface area contributed by atoms with Gasteiger partial charge in [-0.3, -0.25) is 0 Å². The van der Waals surface area contributed by atoms with Gasteiger partial charge >= 0.3 is 0 Å². The van der Waals surface area contributed by atoms with E-state index < -0.39 is 0 Å². The topological polar surface area (TPSA) is 29.0 Å². The predicted octanol–water partition coefficient (Wildman–Crippen LogP) is 3.30. The zero-order valence-corrected chi connectivity index (χ0v) is 12.0. The number of anilines is 1. The van der Waals surface area contributed by atoms with Gasteiger partial charge in [-0.15, -0.1) is 11.3 Å². The van der Waals surface area contributed by atoms with Gasteiger partial charge in [0.1, 0.15) is 12.1 Å². The average Bonchev–Trinajstić information content (AvgIpc) is 2.74. The Morgan fingerprint density at radius 1 is 1.47 bits per heavy atom. The Hall–Kier alpha value is -0.680. The number of hydrogen-bond donors (Lipinski definition) is 0. The Kier molecular flexibility index (Phi) is 3.04. The molecule has 0 unspecified atom stereocenters. The third-order valence-corrected chi connectivity index (χ3v) is 4.94. The van der Waals surface area contributed by atoms with Gasteiger partial charge in [-0.1, -0.05) is 15.9 Å². The first-order chi connectivity index (χ1) is 8.24. The molecule has 5 heteroatoms. The zero-order valence-electron chi connectivity index (χ0n) is 9.64. The summed E-state index contributed by atoms with van der Waals surface area (Å²) in [7, 11) is 2.13. The molecule has 1 aliphatic rings. The fourth-order valence-electron chi connectivity index (χ4n) is 2.32. The number of alkyl halides is 1. The predicted molar refractivity (Wildman–Crippen MR) is 76.1 cm³/mol. The van der Waals surface area contributed by atoms with Crippen molar-refractivity contribution in [3.05, 3.63) is 17.8 Å². The van der Waals surface area contributed by atoms with Crippen molar-refractivity contribution in [3.8, 4) is 0 Å². The third kappa shape index (κ3) is 2.18. The minimum Gasteiger partial charge on any atom is -0.358 e. The molecule has 0 aromatic carbocycles. The number of fused-ring (bicyclic) bond motifs is 1. The van der Waals surface area contributed by atoms with Crippen LogP contribution >= 0.6 is 27.3 Å². The fraction of sp³-hybridized carbons (Fsp3) is 0.500. The van der Waals surface area contributed by atoms with Gasteiger partial charge in [0, 0.05) is 18.4 Å². The van der Waals surface area contributed by atoms with Crippen LogP contribution in [0.25, 0.3) is 10.2 Å². The van der Waals surface area contributed by atoms with Gasteiger partial charge in [-0.25, -0.2) is 9.97 Å². The number of aromatic nitrogens is 2. The highest BCUT2D eigenvalue weighted by molar-refractivity contribution is 9.09. The van der Waals surface area contributed by atoms with Crippen molar-refractivity contribution in [3.63, 3.8) is 0 Å². The molecule has 2 aromatic heterocycles. The number of rotatable bonds is 3. The van der Waals surface area contributed by atoms with E-state index in [1.54, 1.807) is 17.7 Å². The molecule has 2 heterocycles. The molecule has 0 N–H and O–H groups in total. The maximum Gasteiger partial charge on any atom is 0.149 e. The Labute approximate surface area is 113 Å². The number of thiophene rings is 1. The standard InChI is InChI=1S/C12H14BrN3S/c1-16(6-8-4-9(13)5-8)12-11-10(2-3-17-11)14-7-15-12/h2-3,7-9H,4-6H2,1H3. The van der Waals surface area contributed by atoms with E-state index in [4.69, 9.17) is 0 Å². The van der Waals surface area contributed by atoms with Crippen LogP contribution in [-0.2, 0) is 0 Å². The minimum atomic E-state index is 0.730. The van der Waals surface area contributed by atoms with Gasteiger partial charge in [-0.2, -0.15) is 0 Å². The highest BCUT2D eigenvalue weighted by Crippen LogP contribution is 2.35. The van der Waals surface area contributed by atoms with Gasteiger partial charge in [0.25, 0.3) is 0 Å². The van der Waals surface area contributed by atoms with E-state index in [0.717, 1.165) is 28.6 Å². The molecule has 90 valence electrons. The maximum atomic E-state index is 4.42. The van der Waals surface area contributed by atoms with Crippen molar-refractivity contribution in [2.75, 3.05) is 18.5 Å². The number of nitrogens with zero attached hydrogens (tertiary/aromatic N) is 3. The molecule has 0 aliphatic heterocycles. The van der Waals surface area contributed by atoms with E-state index in [1.165, 1.54) is 17.5 Å². The summed E-state index contributed by atoms with van der Waals surface area (Å²) in [6, 6.07) is 2.05. The van der Waals surface area contributed by atoms with E-state index in [9.17, 15) is 0 Å². The third-order valence-electron chi connectivity index (χ3n) is 3.30. The first-order valence-corrected chi connectivity index (χ1v) is 7.57. The molecule has 0 radical (unpaired) electrons. The van der Waals surface area contributed by atoms with Crippen LogP contribution in [0.15, 0.2) is 17.8 Å². The van der Waals surface area contributed by atoms with Gasteiger partial charge in [-0.05, 0) is 30.2 Å². The minimum absolute atomic E-state index is 0.730. The molecule has 2 aromatic rings. The molecule has 3 nitrogen and oxygen atoms in total. The monoisotopic (exact) mass is 311 g/mol. The summed E-state index contributed by atoms with van der Waals surface area (Å²) in [5.41, 5.74) is 1.05. The van der Waals surface area contributed by atoms with Crippen LogP contribution in [0.4, 0.5) is 5.82 Å². The normalized spacial score (nSPS) is 23.6. The molecule has 17 heavy (non-hydrogen) atoms. The van der Waals surface area contributed by atoms with E-state index in [2.05, 4.69) is 49.3 Å². The summed E-state index contributed by atoms with van der Waals surface area (Å²) in [5.74, 6) is 1.87. The molecule has 1 fully saturated rings. The van der Waals surface area contributed by atoms with Crippen LogP contribution in [0.3, 0.4) is 0 Å². The van der Waals surface area contributed by atoms with Crippen LogP contribution in [-0.4, -0.2) is 28.4 Å². The molecule has 1 aliphatic carbocycles. The quantitative estimate of drug-likeness (QED) is 0.814. The Morgan fingerprint density at radius 2 is 2.29 bits per heavy atom. The second-order valence-corrected chi connectivity index (χ2v) is 6.86. The van der Waals surface area contributed by atoms with Crippen molar-refractivity contribution in [2.24, 2.45) is 5.92 Å². The van der Waals surface area contributed by atoms with Gasteiger partial charge in [0.15, 0.2) is 0 Å². The van der Waals surface area contributed by atoms with Crippen LogP contribution in [0.5, 0.6) is 0 Å². The lowest BCUT2D eigenvalue weighted by Gasteiger charge is -2.34. The molecule has 0 spiro atoms. The summed E-state index contributed by atoms with van der Waals surface area (Å²) in [5, 5.41) is 2.08. The van der Waals surface area contributed by atoms with Crippen LogP contribution in [0.2, 0.25) is 0 Å². The first kappa shape index (κ1) is 11.4. The lowest BCUT2D eigenvalue weighted by Crippen LogP contribution is -2.35. The lowest BCUT2D eigenvalue weighted by atomic mass is 9.85. The van der Waals surface area contributed by atoms with Crippen molar-refractivity contribution >= 4 is 43.3 Å². The molecule has 0 saturated heterocycles. The Balaban J connectivity index is 1.80.